The topological polar surface area (TPSA) is 69.8 Å². The summed E-state index contributed by atoms with van der Waals surface area (Å²) in [7, 11) is 0. The largest absolute Gasteiger partial charge is 0.461 e. The molecule has 1 unspecified atom stereocenters. The molecular weight excluding hydrogens is 346 g/mol. The van der Waals surface area contributed by atoms with Crippen molar-refractivity contribution in [1.82, 2.24) is 10.6 Å². The number of hydrogen-bond donors (Lipinski definition) is 3. The fraction of sp³-hybridized carbons (Fsp3) is 0.350. The average Bonchev–Trinajstić information content (AvgIpc) is 3.29. The van der Waals surface area contributed by atoms with Gasteiger partial charge in [0.05, 0.1) is 6.54 Å². The van der Waals surface area contributed by atoms with Gasteiger partial charge in [-0.1, -0.05) is 18.2 Å². The number of nitrogens with zero attached hydrogens (tertiary/aromatic N) is 1. The van der Waals surface area contributed by atoms with Crippen molar-refractivity contribution in [2.24, 2.45) is 4.99 Å². The molecule has 1 aromatic carbocycles. The van der Waals surface area contributed by atoms with E-state index < -0.39 is 5.60 Å². The summed E-state index contributed by atoms with van der Waals surface area (Å²) in [6.07, 6.45) is 0.764. The lowest BCUT2D eigenvalue weighted by atomic mass is 10.00. The molecule has 0 spiro atoms. The van der Waals surface area contributed by atoms with Crippen molar-refractivity contribution < 1.29 is 9.52 Å². The third-order valence-electron chi connectivity index (χ3n) is 4.17. The molecule has 3 N–H and O–H groups in total. The molecule has 0 aliphatic heterocycles. The maximum atomic E-state index is 10.6. The van der Waals surface area contributed by atoms with Gasteiger partial charge < -0.3 is 20.2 Å². The fourth-order valence-corrected chi connectivity index (χ4v) is 3.48. The predicted octanol–water partition coefficient (Wildman–Crippen LogP) is 3.50. The maximum absolute atomic E-state index is 10.6. The first kappa shape index (κ1) is 18.5. The number of guanidine groups is 1. The molecule has 6 heteroatoms. The quantitative estimate of drug-likeness (QED) is 0.439. The van der Waals surface area contributed by atoms with Crippen molar-refractivity contribution in [3.8, 4) is 0 Å². The van der Waals surface area contributed by atoms with E-state index in [1.165, 1.54) is 0 Å². The van der Waals surface area contributed by atoms with Crippen LogP contribution in [-0.4, -0.2) is 30.7 Å². The van der Waals surface area contributed by atoms with Crippen LogP contribution in [0.3, 0.4) is 0 Å². The molecule has 3 aromatic rings. The molecule has 0 fully saturated rings. The highest BCUT2D eigenvalue weighted by Crippen LogP contribution is 2.23. The van der Waals surface area contributed by atoms with Crippen molar-refractivity contribution >= 4 is 28.3 Å². The van der Waals surface area contributed by atoms with E-state index in [1.54, 1.807) is 18.3 Å². The fourth-order valence-electron chi connectivity index (χ4n) is 2.70. The maximum Gasteiger partial charge on any atom is 0.191 e. The van der Waals surface area contributed by atoms with Crippen LogP contribution in [0.2, 0.25) is 0 Å². The summed E-state index contributed by atoms with van der Waals surface area (Å²) in [5, 5.41) is 22.2. The number of thiophene rings is 1. The van der Waals surface area contributed by atoms with Crippen LogP contribution in [-0.2, 0) is 12.0 Å². The lowest BCUT2D eigenvalue weighted by Crippen LogP contribution is -2.39. The SMILES string of the molecule is CCNC(=NCC(C)(O)c1ccsc1)NCCc1cc2ccccc2o1. The van der Waals surface area contributed by atoms with Crippen LogP contribution < -0.4 is 10.6 Å². The van der Waals surface area contributed by atoms with Crippen molar-refractivity contribution in [1.29, 1.82) is 0 Å². The second kappa shape index (κ2) is 8.38. The van der Waals surface area contributed by atoms with E-state index in [1.807, 2.05) is 48.0 Å². The third kappa shape index (κ3) is 4.65. The van der Waals surface area contributed by atoms with Gasteiger partial charge in [-0.3, -0.25) is 0 Å². The Morgan fingerprint density at radius 1 is 1.27 bits per heavy atom. The Hall–Kier alpha value is -2.31. The number of fused-ring (bicyclic) bond motifs is 1. The molecule has 2 heterocycles. The summed E-state index contributed by atoms with van der Waals surface area (Å²) in [5.41, 5.74) is 0.834. The first-order valence-corrected chi connectivity index (χ1v) is 9.77. The van der Waals surface area contributed by atoms with Gasteiger partial charge in [0.25, 0.3) is 0 Å². The third-order valence-corrected chi connectivity index (χ3v) is 4.86. The Morgan fingerprint density at radius 2 is 2.12 bits per heavy atom. The molecule has 0 aliphatic carbocycles. The summed E-state index contributed by atoms with van der Waals surface area (Å²) >= 11 is 1.57. The van der Waals surface area contributed by atoms with E-state index in [9.17, 15) is 5.11 Å². The summed E-state index contributed by atoms with van der Waals surface area (Å²) in [6.45, 7) is 5.57. The number of hydrogen-bond acceptors (Lipinski definition) is 4. The van der Waals surface area contributed by atoms with E-state index in [0.29, 0.717) is 19.0 Å². The normalized spacial score (nSPS) is 14.3. The Bertz CT molecular complexity index is 820. The van der Waals surface area contributed by atoms with Gasteiger partial charge in [-0.05, 0) is 48.4 Å². The van der Waals surface area contributed by atoms with Crippen LogP contribution in [0.25, 0.3) is 11.0 Å². The highest BCUT2D eigenvalue weighted by Gasteiger charge is 2.23. The van der Waals surface area contributed by atoms with Crippen LogP contribution in [0.1, 0.15) is 25.2 Å². The summed E-state index contributed by atoms with van der Waals surface area (Å²) in [4.78, 5) is 4.53. The number of para-hydroxylation sites is 1. The first-order chi connectivity index (χ1) is 12.6. The number of aliphatic hydroxyl groups is 1. The molecule has 5 nitrogen and oxygen atoms in total. The molecule has 2 aromatic heterocycles. The van der Waals surface area contributed by atoms with Crippen molar-refractivity contribution in [3.63, 3.8) is 0 Å². The molecule has 26 heavy (non-hydrogen) atoms. The minimum absolute atomic E-state index is 0.295. The van der Waals surface area contributed by atoms with Crippen molar-refractivity contribution in [2.45, 2.75) is 25.9 Å². The van der Waals surface area contributed by atoms with E-state index in [2.05, 4.69) is 21.7 Å². The van der Waals surface area contributed by atoms with Crippen LogP contribution in [0.5, 0.6) is 0 Å². The van der Waals surface area contributed by atoms with E-state index in [-0.39, 0.29) is 0 Å². The highest BCUT2D eigenvalue weighted by atomic mass is 32.1. The average molecular weight is 372 g/mol. The van der Waals surface area contributed by atoms with Crippen LogP contribution in [0.15, 0.2) is 56.6 Å². The van der Waals surface area contributed by atoms with Crippen molar-refractivity contribution in [3.05, 3.63) is 58.5 Å². The molecular formula is C20H25N3O2S. The second-order valence-corrected chi connectivity index (χ2v) is 7.19. The minimum atomic E-state index is -0.971. The Kier molecular flexibility index (Phi) is 5.96. The Morgan fingerprint density at radius 3 is 2.85 bits per heavy atom. The van der Waals surface area contributed by atoms with Crippen LogP contribution in [0.4, 0.5) is 0 Å². The highest BCUT2D eigenvalue weighted by molar-refractivity contribution is 7.08. The van der Waals surface area contributed by atoms with Crippen LogP contribution >= 0.6 is 11.3 Å². The van der Waals surface area contributed by atoms with Gasteiger partial charge in [0.15, 0.2) is 5.96 Å². The number of furan rings is 1. The number of benzene rings is 1. The zero-order valence-electron chi connectivity index (χ0n) is 15.2. The summed E-state index contributed by atoms with van der Waals surface area (Å²) < 4.78 is 5.83. The molecule has 1 atom stereocenters. The van der Waals surface area contributed by atoms with Gasteiger partial charge >= 0.3 is 0 Å². The van der Waals surface area contributed by atoms with Gasteiger partial charge in [0.1, 0.15) is 16.9 Å². The lowest BCUT2D eigenvalue weighted by molar-refractivity contribution is 0.0677. The molecule has 0 saturated heterocycles. The molecule has 0 aliphatic rings. The smallest absolute Gasteiger partial charge is 0.191 e. The molecule has 0 radical (unpaired) electrons. The van der Waals surface area contributed by atoms with E-state index >= 15 is 0 Å². The molecule has 0 bridgehead atoms. The summed E-state index contributed by atoms with van der Waals surface area (Å²) in [5.74, 6) is 1.64. The van der Waals surface area contributed by atoms with Crippen LogP contribution in [0, 0.1) is 0 Å². The van der Waals surface area contributed by atoms with Gasteiger partial charge in [0.2, 0.25) is 0 Å². The van der Waals surface area contributed by atoms with Gasteiger partial charge in [0, 0.05) is 24.9 Å². The Labute approximate surface area is 157 Å². The molecule has 3 rings (SSSR count). The van der Waals surface area contributed by atoms with E-state index in [0.717, 1.165) is 35.3 Å². The number of rotatable bonds is 7. The van der Waals surface area contributed by atoms with Gasteiger partial charge in [-0.15, -0.1) is 0 Å². The first-order valence-electron chi connectivity index (χ1n) is 8.83. The monoisotopic (exact) mass is 371 g/mol. The lowest BCUT2D eigenvalue weighted by Gasteiger charge is -2.21. The minimum Gasteiger partial charge on any atom is -0.461 e. The molecule has 0 saturated carbocycles. The van der Waals surface area contributed by atoms with Crippen molar-refractivity contribution in [2.75, 3.05) is 19.6 Å². The zero-order chi connectivity index (χ0) is 18.4. The number of aliphatic imine (C=N–C) groups is 1. The number of nitrogens with one attached hydrogen (secondary N) is 2. The van der Waals surface area contributed by atoms with Gasteiger partial charge in [-0.25, -0.2) is 4.99 Å². The summed E-state index contributed by atoms with van der Waals surface area (Å²) in [6, 6.07) is 12.0. The Balaban J connectivity index is 1.57. The van der Waals surface area contributed by atoms with Gasteiger partial charge in [-0.2, -0.15) is 11.3 Å². The van der Waals surface area contributed by atoms with E-state index in [4.69, 9.17) is 4.42 Å². The predicted molar refractivity (Wildman–Crippen MR) is 108 cm³/mol. The molecule has 0 amide bonds. The second-order valence-electron chi connectivity index (χ2n) is 6.41. The zero-order valence-corrected chi connectivity index (χ0v) is 16.0. The standard InChI is InChI=1S/C20H25N3O2S/c1-3-21-19(23-14-20(2,24)16-9-11-26-13-16)22-10-8-17-12-15-6-4-5-7-18(15)25-17/h4-7,9,11-13,24H,3,8,10,14H2,1-2H3,(H2,21,22,23). The molecule has 138 valence electrons.